The Morgan fingerprint density at radius 1 is 1.12 bits per heavy atom. The maximum Gasteiger partial charge on any atom is 0.239 e. The van der Waals surface area contributed by atoms with Gasteiger partial charge in [-0.05, 0) is 42.9 Å². The number of carbonyl (C=O) groups excluding carboxylic acids is 1. The number of halogens is 1. The van der Waals surface area contributed by atoms with Gasteiger partial charge in [0, 0.05) is 38.3 Å². The van der Waals surface area contributed by atoms with E-state index in [1.807, 2.05) is 0 Å². The molecule has 5 nitrogen and oxygen atoms in total. The summed E-state index contributed by atoms with van der Waals surface area (Å²) in [6.07, 6.45) is 5.54. The van der Waals surface area contributed by atoms with E-state index in [0.717, 1.165) is 38.5 Å². The molecule has 0 aromatic carbocycles. The van der Waals surface area contributed by atoms with Crippen molar-refractivity contribution in [3.8, 4) is 0 Å². The third-order valence-corrected chi connectivity index (χ3v) is 8.12. The number of hydrogen-bond donors (Lipinski definition) is 2. The number of nitrogens with one attached hydrogen (secondary N) is 2. The van der Waals surface area contributed by atoms with Crippen molar-refractivity contribution < 1.29 is 9.18 Å². The van der Waals surface area contributed by atoms with Gasteiger partial charge < -0.3 is 10.2 Å². The zero-order valence-electron chi connectivity index (χ0n) is 15.9. The molecule has 5 aliphatic rings. The fourth-order valence-corrected chi connectivity index (χ4v) is 6.38. The fourth-order valence-electron chi connectivity index (χ4n) is 6.38. The molecule has 1 amide bonds. The predicted molar refractivity (Wildman–Crippen MR) is 98.0 cm³/mol. The van der Waals surface area contributed by atoms with Gasteiger partial charge in [0.25, 0.3) is 0 Å². The van der Waals surface area contributed by atoms with E-state index in [2.05, 4.69) is 27.6 Å². The van der Waals surface area contributed by atoms with E-state index in [1.54, 1.807) is 0 Å². The van der Waals surface area contributed by atoms with Gasteiger partial charge in [-0.25, -0.2) is 9.40 Å². The molecule has 3 heterocycles. The highest BCUT2D eigenvalue weighted by Gasteiger charge is 2.48. The minimum atomic E-state index is -0.705. The van der Waals surface area contributed by atoms with Crippen LogP contribution < -0.4 is 10.7 Å². The second-order valence-electron chi connectivity index (χ2n) is 9.53. The first kappa shape index (κ1) is 17.4. The molecule has 0 spiro atoms. The van der Waals surface area contributed by atoms with Crippen molar-refractivity contribution in [3.05, 3.63) is 0 Å². The van der Waals surface area contributed by atoms with Crippen LogP contribution in [0, 0.1) is 23.7 Å². The maximum atomic E-state index is 13.9. The van der Waals surface area contributed by atoms with Gasteiger partial charge in [0.1, 0.15) is 6.17 Å². The van der Waals surface area contributed by atoms with Crippen LogP contribution in [0.5, 0.6) is 0 Å². The zero-order chi connectivity index (χ0) is 17.8. The maximum absolute atomic E-state index is 13.9. The molecule has 5 rings (SSSR count). The van der Waals surface area contributed by atoms with Crippen LogP contribution in [-0.2, 0) is 4.79 Å². The molecule has 2 aliphatic carbocycles. The molecule has 3 saturated heterocycles. The number of carbonyl (C=O) groups is 1. The Balaban J connectivity index is 1.23. The monoisotopic (exact) mass is 364 g/mol. The summed E-state index contributed by atoms with van der Waals surface area (Å²) in [4.78, 5) is 15.3. The molecule has 0 radical (unpaired) electrons. The molecule has 2 N–H and O–H groups in total. The van der Waals surface area contributed by atoms with Gasteiger partial charge in [-0.1, -0.05) is 26.2 Å². The van der Waals surface area contributed by atoms with Crippen LogP contribution in [0.4, 0.5) is 4.39 Å². The molecule has 3 aliphatic heterocycles. The molecule has 6 heteroatoms. The normalized spacial score (nSPS) is 46.7. The van der Waals surface area contributed by atoms with Crippen LogP contribution in [0.1, 0.15) is 45.4 Å². The Morgan fingerprint density at radius 3 is 2.73 bits per heavy atom. The summed E-state index contributed by atoms with van der Waals surface area (Å²) in [6, 6.07) is 0.580. The number of alkyl halides is 1. The topological polar surface area (TPSA) is 47.6 Å². The first-order chi connectivity index (χ1) is 12.6. The van der Waals surface area contributed by atoms with Gasteiger partial charge in [-0.15, -0.1) is 0 Å². The van der Waals surface area contributed by atoms with Gasteiger partial charge in [-0.2, -0.15) is 0 Å². The summed E-state index contributed by atoms with van der Waals surface area (Å²) in [5.74, 6) is 2.66. The highest BCUT2D eigenvalue weighted by Crippen LogP contribution is 2.41. The minimum absolute atomic E-state index is 0.0965. The number of hydrogen-bond acceptors (Lipinski definition) is 4. The van der Waals surface area contributed by atoms with Crippen molar-refractivity contribution >= 4 is 5.91 Å². The molecule has 146 valence electrons. The SMILES string of the molecule is CC1CC(F)CC2NC(C(=O)N3CCN4NCC(C5CCC5)C4C3)CC12. The summed E-state index contributed by atoms with van der Waals surface area (Å²) in [5.41, 5.74) is 3.58. The summed E-state index contributed by atoms with van der Waals surface area (Å²) < 4.78 is 13.9. The van der Waals surface area contributed by atoms with Crippen molar-refractivity contribution in [2.24, 2.45) is 23.7 Å². The molecule has 0 bridgehead atoms. The van der Waals surface area contributed by atoms with Gasteiger partial charge in [-0.3, -0.25) is 10.2 Å². The largest absolute Gasteiger partial charge is 0.338 e. The van der Waals surface area contributed by atoms with E-state index in [9.17, 15) is 9.18 Å². The Kier molecular flexibility index (Phi) is 4.49. The number of hydrazine groups is 1. The lowest BCUT2D eigenvalue weighted by Crippen LogP contribution is -2.59. The van der Waals surface area contributed by atoms with Crippen LogP contribution >= 0.6 is 0 Å². The van der Waals surface area contributed by atoms with E-state index in [0.29, 0.717) is 36.6 Å². The number of rotatable bonds is 2. The number of nitrogens with zero attached hydrogens (tertiary/aromatic N) is 2. The van der Waals surface area contributed by atoms with Crippen molar-refractivity contribution in [1.29, 1.82) is 0 Å². The molecule has 0 aromatic heterocycles. The van der Waals surface area contributed by atoms with Crippen molar-refractivity contribution in [2.45, 2.75) is 69.7 Å². The van der Waals surface area contributed by atoms with Gasteiger partial charge >= 0.3 is 0 Å². The molecule has 5 fully saturated rings. The molecule has 26 heavy (non-hydrogen) atoms. The molecule has 2 saturated carbocycles. The van der Waals surface area contributed by atoms with E-state index in [4.69, 9.17) is 0 Å². The number of amides is 1. The zero-order valence-corrected chi connectivity index (χ0v) is 15.9. The standard InChI is InChI=1S/C20H33FN4O/c1-12-7-14(21)8-17-15(12)9-18(23-17)20(26)24-5-6-25-19(11-24)16(10-22-25)13-3-2-4-13/h12-19,22-23H,2-11H2,1H3. The van der Waals surface area contributed by atoms with E-state index >= 15 is 0 Å². The number of piperazine rings is 1. The first-order valence-electron chi connectivity index (χ1n) is 10.8. The second-order valence-corrected chi connectivity index (χ2v) is 9.53. The smallest absolute Gasteiger partial charge is 0.239 e. The second kappa shape index (κ2) is 6.71. The van der Waals surface area contributed by atoms with Crippen molar-refractivity contribution in [1.82, 2.24) is 20.7 Å². The fraction of sp³-hybridized carbons (Fsp3) is 0.950. The summed E-state index contributed by atoms with van der Waals surface area (Å²) in [7, 11) is 0. The average Bonchev–Trinajstić information content (AvgIpc) is 3.17. The molecule has 7 atom stereocenters. The Hall–Kier alpha value is -0.720. The van der Waals surface area contributed by atoms with E-state index in [-0.39, 0.29) is 18.0 Å². The minimum Gasteiger partial charge on any atom is -0.338 e. The molecule has 7 unspecified atom stereocenters. The third-order valence-electron chi connectivity index (χ3n) is 8.12. The summed E-state index contributed by atoms with van der Waals surface area (Å²) in [5, 5.41) is 5.90. The van der Waals surface area contributed by atoms with Gasteiger partial charge in [0.15, 0.2) is 0 Å². The van der Waals surface area contributed by atoms with Crippen LogP contribution in [0.2, 0.25) is 0 Å². The van der Waals surface area contributed by atoms with Crippen LogP contribution in [0.25, 0.3) is 0 Å². The van der Waals surface area contributed by atoms with Crippen molar-refractivity contribution in [3.63, 3.8) is 0 Å². The quantitative estimate of drug-likeness (QED) is 0.781. The summed E-state index contributed by atoms with van der Waals surface area (Å²) >= 11 is 0. The average molecular weight is 365 g/mol. The van der Waals surface area contributed by atoms with Crippen molar-refractivity contribution in [2.75, 3.05) is 26.2 Å². The highest BCUT2D eigenvalue weighted by molar-refractivity contribution is 5.82. The highest BCUT2D eigenvalue weighted by atomic mass is 19.1. The summed E-state index contributed by atoms with van der Waals surface area (Å²) in [6.45, 7) is 5.85. The lowest BCUT2D eigenvalue weighted by molar-refractivity contribution is -0.136. The lowest BCUT2D eigenvalue weighted by Gasteiger charge is -2.42. The van der Waals surface area contributed by atoms with Gasteiger partial charge in [0.05, 0.1) is 6.04 Å². The third kappa shape index (κ3) is 2.89. The Morgan fingerprint density at radius 2 is 1.96 bits per heavy atom. The van der Waals surface area contributed by atoms with E-state index in [1.165, 1.54) is 19.3 Å². The first-order valence-corrected chi connectivity index (χ1v) is 10.8. The van der Waals surface area contributed by atoms with Crippen LogP contribution in [0.15, 0.2) is 0 Å². The van der Waals surface area contributed by atoms with Crippen LogP contribution in [-0.4, -0.2) is 66.3 Å². The lowest BCUT2D eigenvalue weighted by atomic mass is 9.73. The van der Waals surface area contributed by atoms with Crippen LogP contribution in [0.3, 0.4) is 0 Å². The molecular formula is C20H33FN4O. The van der Waals surface area contributed by atoms with Gasteiger partial charge in [0.2, 0.25) is 5.91 Å². The number of fused-ring (bicyclic) bond motifs is 2. The molecular weight excluding hydrogens is 331 g/mol. The molecule has 0 aromatic rings. The Bertz CT molecular complexity index is 556. The Labute approximate surface area is 156 Å². The predicted octanol–water partition coefficient (Wildman–Crippen LogP) is 1.55. The van der Waals surface area contributed by atoms with E-state index < -0.39 is 6.17 Å².